The molecule has 3 saturated heterocycles. The number of aromatic amines is 1. The highest BCUT2D eigenvalue weighted by molar-refractivity contribution is 7.47. The quantitative estimate of drug-likeness (QED) is 0.128. The average molecular weight is 659 g/mol. The summed E-state index contributed by atoms with van der Waals surface area (Å²) in [6.07, 6.45) is -7.84. The molecule has 0 aliphatic carbocycles. The number of nitrogen functional groups attached to an aromatic ring is 1. The molecular weight excluding hydrogens is 636 g/mol. The number of aliphatic hydroxyl groups is 2. The third-order valence-corrected chi connectivity index (χ3v) is 9.21. The Morgan fingerprint density at radius 1 is 0.818 bits per heavy atom. The van der Waals surface area contributed by atoms with Crippen molar-refractivity contribution in [2.75, 3.05) is 18.9 Å². The second-order valence-electron chi connectivity index (χ2n) is 9.92. The molecule has 4 aromatic rings. The van der Waals surface area contributed by atoms with Crippen LogP contribution in [0.15, 0.2) is 30.1 Å². The van der Waals surface area contributed by atoms with Gasteiger partial charge in [-0.2, -0.15) is 0 Å². The summed E-state index contributed by atoms with van der Waals surface area (Å²) in [5.41, 5.74) is 5.47. The van der Waals surface area contributed by atoms with Crippen molar-refractivity contribution in [2.45, 2.75) is 49.1 Å². The Bertz CT molecular complexity index is 1880. The van der Waals surface area contributed by atoms with Crippen molar-refractivity contribution < 1.29 is 56.7 Å². The van der Waals surface area contributed by atoms with Gasteiger partial charge in [0.1, 0.15) is 48.5 Å². The lowest BCUT2D eigenvalue weighted by atomic mass is 10.1. The van der Waals surface area contributed by atoms with Gasteiger partial charge in [-0.15, -0.1) is 0 Å². The lowest BCUT2D eigenvalue weighted by Crippen LogP contribution is -2.36. The summed E-state index contributed by atoms with van der Waals surface area (Å²) in [6, 6.07) is 0. The second-order valence-corrected chi connectivity index (χ2v) is 12.7. The van der Waals surface area contributed by atoms with E-state index in [1.54, 1.807) is 0 Å². The van der Waals surface area contributed by atoms with Crippen LogP contribution in [0.5, 0.6) is 0 Å². The summed E-state index contributed by atoms with van der Waals surface area (Å²) < 4.78 is 61.1. The van der Waals surface area contributed by atoms with E-state index in [-0.39, 0.29) is 28.1 Å². The molecule has 7 heterocycles. The first-order valence-corrected chi connectivity index (χ1v) is 15.7. The summed E-state index contributed by atoms with van der Waals surface area (Å²) in [6.45, 7) is -1.61. The van der Waals surface area contributed by atoms with Crippen LogP contribution in [-0.4, -0.2) is 109 Å². The summed E-state index contributed by atoms with van der Waals surface area (Å²) in [5.74, 6) is 0.0270. The third-order valence-electron chi connectivity index (χ3n) is 7.24. The topological polar surface area (TPSA) is 304 Å². The minimum Gasteiger partial charge on any atom is -0.387 e. The molecule has 3 aliphatic rings. The molecular formula is C20H23N9O13P2. The highest BCUT2D eigenvalue weighted by Gasteiger charge is 2.54. The van der Waals surface area contributed by atoms with Crippen LogP contribution in [0.1, 0.15) is 12.5 Å². The molecule has 3 fully saturated rings. The molecule has 2 bridgehead atoms. The zero-order valence-corrected chi connectivity index (χ0v) is 23.7. The molecule has 7 rings (SSSR count). The predicted molar refractivity (Wildman–Crippen MR) is 139 cm³/mol. The molecule has 4 aromatic heterocycles. The fraction of sp³-hybridized carbons (Fsp3) is 0.500. The van der Waals surface area contributed by atoms with Crippen LogP contribution in [0.2, 0.25) is 0 Å². The highest BCUT2D eigenvalue weighted by Crippen LogP contribution is 2.53. The smallest absolute Gasteiger partial charge is 0.387 e. The minimum absolute atomic E-state index is 0.0000713. The maximum Gasteiger partial charge on any atom is 0.472 e. The van der Waals surface area contributed by atoms with Gasteiger partial charge in [0.25, 0.3) is 5.56 Å². The molecule has 3 aliphatic heterocycles. The number of nitrogens with two attached hydrogens (primary N) is 1. The molecule has 236 valence electrons. The molecule has 0 saturated carbocycles. The number of nitrogens with one attached hydrogen (secondary N) is 1. The average Bonchev–Trinajstić information content (AvgIpc) is 3.73. The number of ether oxygens (including phenoxy) is 2. The Kier molecular flexibility index (Phi) is 7.16. The van der Waals surface area contributed by atoms with Crippen molar-refractivity contribution in [1.82, 2.24) is 39.0 Å². The van der Waals surface area contributed by atoms with Gasteiger partial charge in [-0.25, -0.2) is 34.0 Å². The van der Waals surface area contributed by atoms with Crippen molar-refractivity contribution in [3.05, 3.63) is 35.7 Å². The standard InChI is InChI=1S/C20H23N9O13P2/c21-15-9-16(23-3-22-15)29(5-26-9)20-14-11(30)7(39-20)1-37-43(33,34)41-13-8(2-38-44(35,36)42-14)40-19(12(13)31)28-6-27-10-17(28)24-4-25-18(10)32/h3-8,11-14,19-20,30-31H,1-2H2,(H,33,34)(H,35,36)(H2,21,22,23)(H,24,25,32)/t7?,8?,11-,12-,13-,14-,19?,20?/m1/s1. The summed E-state index contributed by atoms with van der Waals surface area (Å²) in [7, 11) is -10.1. The Morgan fingerprint density at radius 3 is 2.18 bits per heavy atom. The normalized spacial score (nSPS) is 38.3. The van der Waals surface area contributed by atoms with E-state index in [9.17, 15) is 33.9 Å². The number of H-pyrrole nitrogens is 1. The summed E-state index contributed by atoms with van der Waals surface area (Å²) in [4.78, 5) is 55.7. The van der Waals surface area contributed by atoms with Gasteiger partial charge < -0.3 is 40.2 Å². The fourth-order valence-electron chi connectivity index (χ4n) is 5.22. The number of aromatic nitrogens is 8. The number of aliphatic hydroxyl groups excluding tert-OH is 2. The Labute approximate surface area is 243 Å². The van der Waals surface area contributed by atoms with Crippen LogP contribution < -0.4 is 11.3 Å². The van der Waals surface area contributed by atoms with E-state index < -0.39 is 83.5 Å². The number of rotatable bonds is 2. The van der Waals surface area contributed by atoms with Crippen LogP contribution in [0.4, 0.5) is 5.82 Å². The van der Waals surface area contributed by atoms with Gasteiger partial charge in [0.15, 0.2) is 35.1 Å². The van der Waals surface area contributed by atoms with Crippen LogP contribution in [-0.2, 0) is 36.7 Å². The van der Waals surface area contributed by atoms with Crippen LogP contribution in [0.25, 0.3) is 22.3 Å². The van der Waals surface area contributed by atoms with E-state index in [2.05, 4.69) is 29.9 Å². The zero-order chi connectivity index (χ0) is 31.0. The van der Waals surface area contributed by atoms with Gasteiger partial charge >= 0.3 is 15.6 Å². The first-order chi connectivity index (χ1) is 20.9. The highest BCUT2D eigenvalue weighted by atomic mass is 31.2. The minimum atomic E-state index is -5.07. The lowest BCUT2D eigenvalue weighted by molar-refractivity contribution is -0.0672. The largest absolute Gasteiger partial charge is 0.472 e. The van der Waals surface area contributed by atoms with Crippen LogP contribution in [0.3, 0.4) is 0 Å². The molecule has 44 heavy (non-hydrogen) atoms. The third kappa shape index (κ3) is 5.04. The maximum absolute atomic E-state index is 13.2. The number of hydrogen-bond donors (Lipinski definition) is 6. The monoisotopic (exact) mass is 659 g/mol. The van der Waals surface area contributed by atoms with Crippen molar-refractivity contribution >= 4 is 43.8 Å². The molecule has 0 aromatic carbocycles. The van der Waals surface area contributed by atoms with Gasteiger partial charge in [-0.1, -0.05) is 0 Å². The van der Waals surface area contributed by atoms with E-state index in [0.29, 0.717) is 0 Å². The second kappa shape index (κ2) is 10.7. The number of nitrogens with zero attached hydrogens (tertiary/aromatic N) is 7. The van der Waals surface area contributed by atoms with Crippen LogP contribution in [0, 0.1) is 0 Å². The van der Waals surface area contributed by atoms with E-state index in [1.165, 1.54) is 15.5 Å². The van der Waals surface area contributed by atoms with Gasteiger partial charge in [-0.3, -0.25) is 32.0 Å². The van der Waals surface area contributed by atoms with E-state index in [1.807, 2.05) is 0 Å². The maximum atomic E-state index is 13.2. The SMILES string of the molecule is Nc1ncnc2c1ncn2C1OC2COP(=O)(O)O[C@@H]3C(COP(=O)(O)O[C@@H]1[C@@H]2O)OC(n1cnc2c(=O)[nH]cnc21)[C@@H]3O. The molecule has 0 amide bonds. The number of anilines is 1. The molecule has 24 heteroatoms. The van der Waals surface area contributed by atoms with Crippen molar-refractivity contribution in [1.29, 1.82) is 0 Å². The Balaban J connectivity index is 1.20. The van der Waals surface area contributed by atoms with Crippen molar-refractivity contribution in [2.24, 2.45) is 0 Å². The zero-order valence-electron chi connectivity index (χ0n) is 21.9. The molecule has 0 radical (unpaired) electrons. The van der Waals surface area contributed by atoms with Crippen LogP contribution >= 0.6 is 15.6 Å². The number of fused-ring (bicyclic) bond motifs is 5. The molecule has 10 atom stereocenters. The van der Waals surface area contributed by atoms with E-state index in [0.717, 1.165) is 19.0 Å². The predicted octanol–water partition coefficient (Wildman–Crippen LogP) is -1.92. The molecule has 6 unspecified atom stereocenters. The van der Waals surface area contributed by atoms with Gasteiger partial charge in [0.2, 0.25) is 0 Å². The Hall–Kier alpha value is -3.24. The molecule has 7 N–H and O–H groups in total. The first kappa shape index (κ1) is 29.5. The number of hydrogen-bond acceptors (Lipinski definition) is 17. The van der Waals surface area contributed by atoms with Crippen molar-refractivity contribution in [3.8, 4) is 0 Å². The first-order valence-electron chi connectivity index (χ1n) is 12.7. The van der Waals surface area contributed by atoms with Gasteiger partial charge in [0.05, 0.1) is 32.2 Å². The van der Waals surface area contributed by atoms with E-state index >= 15 is 0 Å². The molecule has 0 spiro atoms. The van der Waals surface area contributed by atoms with Gasteiger partial charge in [-0.05, 0) is 0 Å². The number of phosphoric ester groups is 2. The molecule has 22 nitrogen and oxygen atoms in total. The summed E-state index contributed by atoms with van der Waals surface area (Å²) >= 11 is 0. The number of imidazole rings is 2. The van der Waals surface area contributed by atoms with Gasteiger partial charge in [0, 0.05) is 0 Å². The van der Waals surface area contributed by atoms with Crippen molar-refractivity contribution in [3.63, 3.8) is 0 Å². The summed E-state index contributed by atoms with van der Waals surface area (Å²) in [5, 5.41) is 22.1. The number of phosphoric acid groups is 2. The fourth-order valence-corrected chi connectivity index (χ4v) is 7.11. The lowest BCUT2D eigenvalue weighted by Gasteiger charge is -2.25. The Morgan fingerprint density at radius 2 is 1.43 bits per heavy atom. The van der Waals surface area contributed by atoms with E-state index in [4.69, 9.17) is 33.3 Å².